The quantitative estimate of drug-likeness (QED) is 0.494. The van der Waals surface area contributed by atoms with E-state index in [9.17, 15) is 0 Å². The number of rotatable bonds is 7. The highest BCUT2D eigenvalue weighted by Gasteiger charge is 2.15. The molecule has 3 aromatic carbocycles. The third kappa shape index (κ3) is 4.88. The van der Waals surface area contributed by atoms with Crippen molar-refractivity contribution in [3.8, 4) is 5.75 Å². The Kier molecular flexibility index (Phi) is 6.73. The Morgan fingerprint density at radius 2 is 1.69 bits per heavy atom. The van der Waals surface area contributed by atoms with Gasteiger partial charge in [0.1, 0.15) is 5.75 Å². The molecule has 2 nitrogen and oxygen atoms in total. The van der Waals surface area contributed by atoms with Crippen molar-refractivity contribution in [2.75, 3.05) is 13.7 Å². The first-order valence-electron chi connectivity index (χ1n) is 8.51. The van der Waals surface area contributed by atoms with E-state index in [1.54, 1.807) is 7.11 Å². The van der Waals surface area contributed by atoms with Crippen LogP contribution in [0.25, 0.3) is 0 Å². The molecule has 0 bridgehead atoms. The first-order chi connectivity index (χ1) is 12.7. The van der Waals surface area contributed by atoms with Crippen LogP contribution in [-0.2, 0) is 6.54 Å². The second-order valence-electron chi connectivity index (χ2n) is 6.12. The average molecular weight is 431 g/mol. The molecular formula is C22H21BrClNO. The minimum Gasteiger partial charge on any atom is -0.497 e. The predicted octanol–water partition coefficient (Wildman–Crippen LogP) is 6.03. The molecule has 4 heteroatoms. The summed E-state index contributed by atoms with van der Waals surface area (Å²) in [4.78, 5) is 0. The summed E-state index contributed by atoms with van der Waals surface area (Å²) in [5.74, 6) is 1.13. The van der Waals surface area contributed by atoms with Gasteiger partial charge in [-0.3, -0.25) is 0 Å². The highest BCUT2D eigenvalue weighted by Crippen LogP contribution is 2.30. The third-order valence-electron chi connectivity index (χ3n) is 4.38. The Bertz CT molecular complexity index is 837. The molecule has 0 fully saturated rings. The highest BCUT2D eigenvalue weighted by atomic mass is 79.9. The van der Waals surface area contributed by atoms with Crippen molar-refractivity contribution in [2.24, 2.45) is 0 Å². The standard InChI is InChI=1S/C22H21BrClNO/c1-26-19-10-7-16(8-11-19)14-25-15-20(17-5-3-2-4-6-17)18-9-12-22(24)21(23)13-18/h2-13,20,25H,14-15H2,1H3. The molecule has 0 spiro atoms. The molecule has 0 radical (unpaired) electrons. The van der Waals surface area contributed by atoms with Gasteiger partial charge in [0, 0.05) is 23.5 Å². The molecule has 0 aliphatic heterocycles. The molecule has 3 rings (SSSR count). The number of methoxy groups -OCH3 is 1. The Balaban J connectivity index is 1.74. The van der Waals surface area contributed by atoms with E-state index in [2.05, 4.69) is 69.8 Å². The molecule has 0 aliphatic rings. The summed E-state index contributed by atoms with van der Waals surface area (Å²) in [6.45, 7) is 1.65. The second kappa shape index (κ2) is 9.22. The normalized spacial score (nSPS) is 12.0. The van der Waals surface area contributed by atoms with Crippen LogP contribution in [0.5, 0.6) is 5.75 Å². The zero-order valence-corrected chi connectivity index (χ0v) is 16.9. The Morgan fingerprint density at radius 1 is 0.962 bits per heavy atom. The molecule has 0 saturated carbocycles. The molecule has 1 unspecified atom stereocenters. The topological polar surface area (TPSA) is 21.3 Å². The van der Waals surface area contributed by atoms with Crippen molar-refractivity contribution in [3.63, 3.8) is 0 Å². The van der Waals surface area contributed by atoms with Crippen molar-refractivity contribution in [3.05, 3.63) is 99.0 Å². The molecule has 0 aromatic heterocycles. The first-order valence-corrected chi connectivity index (χ1v) is 9.68. The third-order valence-corrected chi connectivity index (χ3v) is 5.60. The molecule has 0 aliphatic carbocycles. The highest BCUT2D eigenvalue weighted by molar-refractivity contribution is 9.10. The minimum atomic E-state index is 0.253. The molecule has 134 valence electrons. The number of nitrogens with one attached hydrogen (secondary N) is 1. The van der Waals surface area contributed by atoms with Gasteiger partial charge in [0.2, 0.25) is 0 Å². The van der Waals surface area contributed by atoms with Gasteiger partial charge in [-0.05, 0) is 56.9 Å². The van der Waals surface area contributed by atoms with Crippen molar-refractivity contribution in [1.82, 2.24) is 5.32 Å². The number of hydrogen-bond acceptors (Lipinski definition) is 2. The van der Waals surface area contributed by atoms with E-state index in [0.717, 1.165) is 28.3 Å². The van der Waals surface area contributed by atoms with Gasteiger partial charge >= 0.3 is 0 Å². The molecule has 0 amide bonds. The van der Waals surface area contributed by atoms with Crippen molar-refractivity contribution in [2.45, 2.75) is 12.5 Å². The minimum absolute atomic E-state index is 0.253. The zero-order chi connectivity index (χ0) is 18.4. The van der Waals surface area contributed by atoms with E-state index >= 15 is 0 Å². The summed E-state index contributed by atoms with van der Waals surface area (Å²) in [6, 6.07) is 24.8. The first kappa shape index (κ1) is 19.0. The Morgan fingerprint density at radius 3 is 2.35 bits per heavy atom. The van der Waals surface area contributed by atoms with Gasteiger partial charge in [-0.15, -0.1) is 0 Å². The van der Waals surface area contributed by atoms with E-state index < -0.39 is 0 Å². The van der Waals surface area contributed by atoms with Gasteiger partial charge in [0.05, 0.1) is 12.1 Å². The largest absolute Gasteiger partial charge is 0.497 e. The molecule has 0 saturated heterocycles. The number of halogens is 2. The molecular weight excluding hydrogens is 410 g/mol. The van der Waals surface area contributed by atoms with Crippen LogP contribution < -0.4 is 10.1 Å². The van der Waals surface area contributed by atoms with E-state index in [4.69, 9.17) is 16.3 Å². The Labute approximate surface area is 168 Å². The van der Waals surface area contributed by atoms with Crippen LogP contribution >= 0.6 is 27.5 Å². The Hall–Kier alpha value is -1.81. The molecule has 26 heavy (non-hydrogen) atoms. The van der Waals surface area contributed by atoms with Crippen LogP contribution in [0.15, 0.2) is 77.3 Å². The van der Waals surface area contributed by atoms with Gasteiger partial charge in [-0.1, -0.05) is 60.1 Å². The summed E-state index contributed by atoms with van der Waals surface area (Å²) in [7, 11) is 1.68. The lowest BCUT2D eigenvalue weighted by atomic mass is 9.91. The predicted molar refractivity (Wildman–Crippen MR) is 112 cm³/mol. The summed E-state index contributed by atoms with van der Waals surface area (Å²) in [5, 5.41) is 4.31. The lowest BCUT2D eigenvalue weighted by molar-refractivity contribution is 0.414. The van der Waals surface area contributed by atoms with E-state index in [1.807, 2.05) is 24.3 Å². The fourth-order valence-electron chi connectivity index (χ4n) is 2.95. The van der Waals surface area contributed by atoms with Crippen LogP contribution in [0, 0.1) is 0 Å². The molecule has 0 heterocycles. The lowest BCUT2D eigenvalue weighted by Crippen LogP contribution is -2.22. The second-order valence-corrected chi connectivity index (χ2v) is 7.38. The maximum Gasteiger partial charge on any atom is 0.118 e. The van der Waals surface area contributed by atoms with E-state index in [-0.39, 0.29) is 5.92 Å². The molecule has 1 N–H and O–H groups in total. The van der Waals surface area contributed by atoms with Crippen LogP contribution in [0.4, 0.5) is 0 Å². The van der Waals surface area contributed by atoms with Gasteiger partial charge in [-0.25, -0.2) is 0 Å². The van der Waals surface area contributed by atoms with Gasteiger partial charge in [0.25, 0.3) is 0 Å². The fourth-order valence-corrected chi connectivity index (χ4v) is 3.46. The summed E-state index contributed by atoms with van der Waals surface area (Å²) >= 11 is 9.71. The lowest BCUT2D eigenvalue weighted by Gasteiger charge is -2.19. The summed E-state index contributed by atoms with van der Waals surface area (Å²) in [5.41, 5.74) is 3.74. The number of benzene rings is 3. The zero-order valence-electron chi connectivity index (χ0n) is 14.6. The van der Waals surface area contributed by atoms with Gasteiger partial charge < -0.3 is 10.1 Å². The van der Waals surface area contributed by atoms with Gasteiger partial charge in [-0.2, -0.15) is 0 Å². The maximum absolute atomic E-state index is 6.17. The van der Waals surface area contributed by atoms with Crippen LogP contribution in [-0.4, -0.2) is 13.7 Å². The van der Waals surface area contributed by atoms with Crippen molar-refractivity contribution < 1.29 is 4.74 Å². The van der Waals surface area contributed by atoms with Crippen molar-refractivity contribution >= 4 is 27.5 Å². The van der Waals surface area contributed by atoms with E-state index in [0.29, 0.717) is 0 Å². The van der Waals surface area contributed by atoms with Crippen LogP contribution in [0.1, 0.15) is 22.6 Å². The summed E-state index contributed by atoms with van der Waals surface area (Å²) in [6.07, 6.45) is 0. The van der Waals surface area contributed by atoms with Crippen LogP contribution in [0.3, 0.4) is 0 Å². The number of hydrogen-bond donors (Lipinski definition) is 1. The number of ether oxygens (including phenoxy) is 1. The molecule has 3 aromatic rings. The van der Waals surface area contributed by atoms with Gasteiger partial charge in [0.15, 0.2) is 0 Å². The SMILES string of the molecule is COc1ccc(CNCC(c2ccccc2)c2ccc(Cl)c(Br)c2)cc1. The smallest absolute Gasteiger partial charge is 0.118 e. The van der Waals surface area contributed by atoms with Crippen molar-refractivity contribution in [1.29, 1.82) is 0 Å². The average Bonchev–Trinajstić information content (AvgIpc) is 2.69. The van der Waals surface area contributed by atoms with Crippen LogP contribution in [0.2, 0.25) is 5.02 Å². The fraction of sp³-hybridized carbons (Fsp3) is 0.182. The summed E-state index contributed by atoms with van der Waals surface area (Å²) < 4.78 is 6.14. The van der Waals surface area contributed by atoms with E-state index in [1.165, 1.54) is 16.7 Å². The maximum atomic E-state index is 6.17. The monoisotopic (exact) mass is 429 g/mol. The molecule has 1 atom stereocenters.